The highest BCUT2D eigenvalue weighted by Crippen LogP contribution is 2.32. The molecule has 0 bridgehead atoms. The normalized spacial score (nSPS) is 12.1. The largest absolute Gasteiger partial charge is 0.488 e. The van der Waals surface area contributed by atoms with Crippen LogP contribution >= 0.6 is 0 Å². The number of halogens is 1. The maximum atomic E-state index is 13.8. The first-order chi connectivity index (χ1) is 23.1. The standard InChI is InChI=1S/C39H38FNO6S/c1-28-22-35(24-36(39(43)46-2)38(28)47-27-31-12-7-4-8-13-31)48(44,45)34-18-16-29(17-19-34)20-21-41(25-30-10-5-3-6-11-30)26-37(42)32-14-9-15-33(40)23-32/h3-19,22-24,37,42H,20-21,25-27H2,1-2H3/t37-/m0/s1. The van der Waals surface area contributed by atoms with E-state index >= 15 is 0 Å². The maximum Gasteiger partial charge on any atom is 0.341 e. The fourth-order valence-corrected chi connectivity index (χ4v) is 6.85. The summed E-state index contributed by atoms with van der Waals surface area (Å²) in [5.41, 5.74) is 3.90. The summed E-state index contributed by atoms with van der Waals surface area (Å²) in [6, 6.07) is 34.7. The van der Waals surface area contributed by atoms with Gasteiger partial charge in [0.15, 0.2) is 0 Å². The highest BCUT2D eigenvalue weighted by molar-refractivity contribution is 7.91. The van der Waals surface area contributed by atoms with E-state index < -0.39 is 27.7 Å². The van der Waals surface area contributed by atoms with E-state index in [1.807, 2.05) is 60.7 Å². The summed E-state index contributed by atoms with van der Waals surface area (Å²) < 4.78 is 52.2. The Hall–Kier alpha value is -4.83. The Morgan fingerprint density at radius 3 is 2.12 bits per heavy atom. The second kappa shape index (κ2) is 15.8. The second-order valence-corrected chi connectivity index (χ2v) is 13.5. The monoisotopic (exact) mass is 667 g/mol. The molecular formula is C39H38FNO6S. The van der Waals surface area contributed by atoms with Crippen molar-refractivity contribution in [3.05, 3.63) is 161 Å². The predicted molar refractivity (Wildman–Crippen MR) is 182 cm³/mol. The number of carbonyl (C=O) groups excluding carboxylic acids is 1. The van der Waals surface area contributed by atoms with Gasteiger partial charge >= 0.3 is 5.97 Å². The molecule has 248 valence electrons. The molecule has 7 nitrogen and oxygen atoms in total. The van der Waals surface area contributed by atoms with Crippen LogP contribution in [0.5, 0.6) is 5.75 Å². The maximum absolute atomic E-state index is 13.8. The fraction of sp³-hybridized carbons (Fsp3) is 0.205. The van der Waals surface area contributed by atoms with Gasteiger partial charge in [-0.1, -0.05) is 84.9 Å². The van der Waals surface area contributed by atoms with E-state index in [4.69, 9.17) is 9.47 Å². The van der Waals surface area contributed by atoms with Gasteiger partial charge in [0, 0.05) is 19.6 Å². The molecule has 9 heteroatoms. The van der Waals surface area contributed by atoms with Crippen LogP contribution in [0, 0.1) is 12.7 Å². The number of aryl methyl sites for hydroxylation is 1. The van der Waals surface area contributed by atoms with Gasteiger partial charge in [-0.3, -0.25) is 4.90 Å². The van der Waals surface area contributed by atoms with Crippen molar-refractivity contribution in [3.8, 4) is 5.75 Å². The SMILES string of the molecule is COC(=O)c1cc(S(=O)(=O)c2ccc(CCN(Cc3ccccc3)C[C@H](O)c3cccc(F)c3)cc2)cc(C)c1OCc1ccccc1. The molecule has 0 amide bonds. The summed E-state index contributed by atoms with van der Waals surface area (Å²) >= 11 is 0. The fourth-order valence-electron chi connectivity index (χ4n) is 5.48. The molecular weight excluding hydrogens is 629 g/mol. The Bertz CT molecular complexity index is 1930. The van der Waals surface area contributed by atoms with Crippen LogP contribution in [0.25, 0.3) is 0 Å². The Morgan fingerprint density at radius 1 is 0.812 bits per heavy atom. The Morgan fingerprint density at radius 2 is 1.48 bits per heavy atom. The molecule has 5 rings (SSSR count). The number of ether oxygens (including phenoxy) is 2. The molecule has 0 aromatic heterocycles. The zero-order chi connectivity index (χ0) is 34.1. The van der Waals surface area contributed by atoms with E-state index in [9.17, 15) is 22.7 Å². The average molecular weight is 668 g/mol. The molecule has 5 aromatic carbocycles. The van der Waals surface area contributed by atoms with Crippen molar-refractivity contribution in [1.29, 1.82) is 0 Å². The number of nitrogens with zero attached hydrogens (tertiary/aromatic N) is 1. The lowest BCUT2D eigenvalue weighted by atomic mass is 10.1. The van der Waals surface area contributed by atoms with Crippen LogP contribution in [0.3, 0.4) is 0 Å². The third kappa shape index (κ3) is 8.74. The summed E-state index contributed by atoms with van der Waals surface area (Å²) in [5, 5.41) is 10.9. The van der Waals surface area contributed by atoms with Gasteiger partial charge in [0.05, 0.1) is 23.0 Å². The van der Waals surface area contributed by atoms with Crippen molar-refractivity contribution < 1.29 is 32.2 Å². The Balaban J connectivity index is 1.32. The van der Waals surface area contributed by atoms with Crippen LogP contribution < -0.4 is 4.74 Å². The molecule has 0 heterocycles. The highest BCUT2D eigenvalue weighted by Gasteiger charge is 2.25. The number of aliphatic hydroxyl groups is 1. The average Bonchev–Trinajstić information content (AvgIpc) is 3.10. The molecule has 0 saturated carbocycles. The number of hydrogen-bond acceptors (Lipinski definition) is 7. The van der Waals surface area contributed by atoms with Crippen LogP contribution in [0.2, 0.25) is 0 Å². The van der Waals surface area contributed by atoms with E-state index in [1.54, 1.807) is 43.3 Å². The summed E-state index contributed by atoms with van der Waals surface area (Å²) in [7, 11) is -2.75. The molecule has 5 aromatic rings. The van der Waals surface area contributed by atoms with E-state index in [0.29, 0.717) is 30.6 Å². The number of aliphatic hydroxyl groups excluding tert-OH is 1. The van der Waals surface area contributed by atoms with Gasteiger partial charge < -0.3 is 14.6 Å². The molecule has 0 aliphatic rings. The van der Waals surface area contributed by atoms with Crippen molar-refractivity contribution in [2.24, 2.45) is 0 Å². The number of rotatable bonds is 14. The molecule has 0 aliphatic carbocycles. The van der Waals surface area contributed by atoms with Crippen LogP contribution in [0.1, 0.15) is 44.3 Å². The minimum atomic E-state index is -3.99. The van der Waals surface area contributed by atoms with E-state index in [0.717, 1.165) is 16.7 Å². The first-order valence-electron chi connectivity index (χ1n) is 15.6. The molecule has 1 N–H and O–H groups in total. The van der Waals surface area contributed by atoms with Gasteiger partial charge in [-0.25, -0.2) is 17.6 Å². The van der Waals surface area contributed by atoms with E-state index in [1.165, 1.54) is 31.4 Å². The lowest BCUT2D eigenvalue weighted by Gasteiger charge is -2.25. The van der Waals surface area contributed by atoms with E-state index in [2.05, 4.69) is 4.90 Å². The molecule has 48 heavy (non-hydrogen) atoms. The summed E-state index contributed by atoms with van der Waals surface area (Å²) in [4.78, 5) is 14.9. The van der Waals surface area contributed by atoms with Crippen LogP contribution in [-0.2, 0) is 34.1 Å². The number of methoxy groups -OCH3 is 1. The lowest BCUT2D eigenvalue weighted by molar-refractivity contribution is 0.0595. The van der Waals surface area contributed by atoms with Crippen LogP contribution in [0.15, 0.2) is 131 Å². The number of benzene rings is 5. The number of hydrogen-bond donors (Lipinski definition) is 1. The van der Waals surface area contributed by atoms with Crippen molar-refractivity contribution in [3.63, 3.8) is 0 Å². The third-order valence-electron chi connectivity index (χ3n) is 8.05. The highest BCUT2D eigenvalue weighted by atomic mass is 32.2. The first-order valence-corrected chi connectivity index (χ1v) is 17.1. The number of esters is 1. The van der Waals surface area contributed by atoms with Crippen LogP contribution in [0.4, 0.5) is 4.39 Å². The molecule has 0 spiro atoms. The first kappa shape index (κ1) is 34.5. The van der Waals surface area contributed by atoms with Gasteiger partial charge in [0.1, 0.15) is 23.7 Å². The topological polar surface area (TPSA) is 93.1 Å². The summed E-state index contributed by atoms with van der Waals surface area (Å²) in [6.07, 6.45) is -0.298. The molecule has 0 radical (unpaired) electrons. The minimum Gasteiger partial charge on any atom is -0.488 e. The Labute approximate surface area is 281 Å². The second-order valence-electron chi connectivity index (χ2n) is 11.6. The predicted octanol–water partition coefficient (Wildman–Crippen LogP) is 7.11. The molecule has 0 saturated heterocycles. The van der Waals surface area contributed by atoms with Gasteiger partial charge in [0.25, 0.3) is 0 Å². The molecule has 0 unspecified atom stereocenters. The minimum absolute atomic E-state index is 0.0302. The van der Waals surface area contributed by atoms with Crippen LogP contribution in [-0.4, -0.2) is 44.6 Å². The molecule has 0 aliphatic heterocycles. The molecule has 1 atom stereocenters. The number of sulfone groups is 1. The van der Waals surface area contributed by atoms with Gasteiger partial charge in [-0.2, -0.15) is 0 Å². The Kier molecular flexibility index (Phi) is 11.4. The van der Waals surface area contributed by atoms with Gasteiger partial charge in [-0.15, -0.1) is 0 Å². The van der Waals surface area contributed by atoms with Crippen molar-refractivity contribution in [1.82, 2.24) is 4.90 Å². The lowest BCUT2D eigenvalue weighted by Crippen LogP contribution is -2.30. The number of carbonyl (C=O) groups is 1. The van der Waals surface area contributed by atoms with Gasteiger partial charge in [0.2, 0.25) is 9.84 Å². The van der Waals surface area contributed by atoms with Gasteiger partial charge in [-0.05, 0) is 77.6 Å². The smallest absolute Gasteiger partial charge is 0.341 e. The summed E-state index contributed by atoms with van der Waals surface area (Å²) in [6.45, 7) is 3.33. The van der Waals surface area contributed by atoms with Crippen molar-refractivity contribution >= 4 is 15.8 Å². The van der Waals surface area contributed by atoms with Crippen molar-refractivity contribution in [2.45, 2.75) is 42.4 Å². The quantitative estimate of drug-likeness (QED) is 0.126. The van der Waals surface area contributed by atoms with E-state index in [-0.39, 0.29) is 34.3 Å². The summed E-state index contributed by atoms with van der Waals surface area (Å²) in [5.74, 6) is -0.834. The van der Waals surface area contributed by atoms with Crippen molar-refractivity contribution in [2.75, 3.05) is 20.2 Å². The zero-order valence-electron chi connectivity index (χ0n) is 26.9. The molecule has 0 fully saturated rings. The third-order valence-corrected chi connectivity index (χ3v) is 9.80. The zero-order valence-corrected chi connectivity index (χ0v) is 27.7.